The number of hydrogen-bond donors (Lipinski definition) is 0. The molecule has 0 aromatic carbocycles. The number of rotatable bonds is 3. The van der Waals surface area contributed by atoms with Gasteiger partial charge in [0, 0.05) is 19.8 Å². The molecule has 0 aliphatic rings. The topological polar surface area (TPSA) is 41.9 Å². The number of amidine groups is 1. The molecule has 0 atom stereocenters. The van der Waals surface area contributed by atoms with E-state index in [-0.39, 0.29) is 0 Å². The van der Waals surface area contributed by atoms with Crippen LogP contribution in [0.15, 0.2) is 16.8 Å². The van der Waals surface area contributed by atoms with Crippen molar-refractivity contribution in [1.82, 2.24) is 4.90 Å². The van der Waals surface area contributed by atoms with Gasteiger partial charge in [-0.3, -0.25) is 0 Å². The predicted molar refractivity (Wildman–Crippen MR) is 61.8 cm³/mol. The summed E-state index contributed by atoms with van der Waals surface area (Å²) in [5.74, 6) is -0.0745. The smallest absolute Gasteiger partial charge is 0.373 e. The van der Waals surface area contributed by atoms with Crippen LogP contribution >= 0.6 is 0 Å². The third-order valence-corrected chi connectivity index (χ3v) is 1.84. The third kappa shape index (κ3) is 4.63. The fraction of sp³-hybridized carbons (Fsp3) is 0.636. The van der Waals surface area contributed by atoms with Crippen LogP contribution in [0.2, 0.25) is 0 Å². The van der Waals surface area contributed by atoms with E-state index in [1.54, 1.807) is 19.0 Å². The van der Waals surface area contributed by atoms with Gasteiger partial charge >= 0.3 is 5.97 Å². The van der Waals surface area contributed by atoms with Gasteiger partial charge in [0.1, 0.15) is 0 Å². The van der Waals surface area contributed by atoms with Crippen LogP contribution in [-0.4, -0.2) is 37.9 Å². The Morgan fingerprint density at radius 1 is 1.40 bits per heavy atom. The first-order valence-electron chi connectivity index (χ1n) is 5.10. The predicted octanol–water partition coefficient (Wildman–Crippen LogP) is 1.82. The summed E-state index contributed by atoms with van der Waals surface area (Å²) < 4.78 is 4.66. The van der Waals surface area contributed by atoms with Crippen LogP contribution in [0.1, 0.15) is 26.7 Å². The Morgan fingerprint density at radius 3 is 2.33 bits per heavy atom. The number of allylic oxidation sites excluding steroid dienone is 2. The molecule has 0 bridgehead atoms. The maximum absolute atomic E-state index is 11.4. The van der Waals surface area contributed by atoms with E-state index in [1.165, 1.54) is 7.11 Å². The van der Waals surface area contributed by atoms with Crippen molar-refractivity contribution >= 4 is 11.8 Å². The molecule has 0 rings (SSSR count). The molecule has 15 heavy (non-hydrogen) atoms. The highest BCUT2D eigenvalue weighted by molar-refractivity contribution is 6.35. The molecule has 0 aromatic rings. The van der Waals surface area contributed by atoms with Crippen molar-refractivity contribution in [3.63, 3.8) is 0 Å². The fourth-order valence-electron chi connectivity index (χ4n) is 1.06. The zero-order chi connectivity index (χ0) is 11.8. The molecule has 0 unspecified atom stereocenters. The minimum absolute atomic E-state index is 0.332. The van der Waals surface area contributed by atoms with Crippen LogP contribution in [0.5, 0.6) is 0 Å². The second-order valence-corrected chi connectivity index (χ2v) is 3.28. The highest BCUT2D eigenvalue weighted by atomic mass is 16.5. The summed E-state index contributed by atoms with van der Waals surface area (Å²) >= 11 is 0. The van der Waals surface area contributed by atoms with E-state index in [9.17, 15) is 4.79 Å². The fourth-order valence-corrected chi connectivity index (χ4v) is 1.06. The van der Waals surface area contributed by atoms with Gasteiger partial charge in [0.05, 0.1) is 7.11 Å². The van der Waals surface area contributed by atoms with E-state index < -0.39 is 5.97 Å². The van der Waals surface area contributed by atoms with Gasteiger partial charge in [-0.2, -0.15) is 0 Å². The van der Waals surface area contributed by atoms with Gasteiger partial charge in [0.15, 0.2) is 0 Å². The zero-order valence-electron chi connectivity index (χ0n) is 10.2. The number of esters is 1. The van der Waals surface area contributed by atoms with Crippen molar-refractivity contribution in [3.8, 4) is 0 Å². The second kappa shape index (κ2) is 7.04. The molecule has 4 nitrogen and oxygen atoms in total. The number of carbonyl (C=O) groups is 1. The third-order valence-electron chi connectivity index (χ3n) is 1.84. The van der Waals surface area contributed by atoms with Crippen molar-refractivity contribution in [3.05, 3.63) is 11.8 Å². The normalized spacial score (nSPS) is 12.6. The number of aliphatic imine (C=N–C) groups is 1. The molecule has 0 spiro atoms. The van der Waals surface area contributed by atoms with Crippen molar-refractivity contribution in [2.75, 3.05) is 21.2 Å². The van der Waals surface area contributed by atoms with Gasteiger partial charge in [0.2, 0.25) is 5.84 Å². The van der Waals surface area contributed by atoms with E-state index in [2.05, 4.69) is 9.73 Å². The van der Waals surface area contributed by atoms with E-state index in [1.807, 2.05) is 19.9 Å². The van der Waals surface area contributed by atoms with E-state index in [0.29, 0.717) is 5.84 Å². The number of ether oxygens (including phenoxy) is 1. The average molecular weight is 212 g/mol. The van der Waals surface area contributed by atoms with Gasteiger partial charge < -0.3 is 9.64 Å². The second-order valence-electron chi connectivity index (χ2n) is 3.28. The molecule has 0 saturated carbocycles. The lowest BCUT2D eigenvalue weighted by Crippen LogP contribution is -2.31. The Bertz CT molecular complexity index is 268. The summed E-state index contributed by atoms with van der Waals surface area (Å²) in [4.78, 5) is 17.3. The van der Waals surface area contributed by atoms with Crippen molar-refractivity contribution in [1.29, 1.82) is 0 Å². The summed E-state index contributed by atoms with van der Waals surface area (Å²) in [6.45, 7) is 4.05. The minimum atomic E-state index is -0.407. The number of carbonyl (C=O) groups excluding carboxylic acids is 1. The molecule has 0 radical (unpaired) electrons. The summed E-state index contributed by atoms with van der Waals surface area (Å²) in [5, 5.41) is 0. The van der Waals surface area contributed by atoms with E-state index >= 15 is 0 Å². The summed E-state index contributed by atoms with van der Waals surface area (Å²) in [7, 11) is 4.90. The first kappa shape index (κ1) is 13.7. The largest absolute Gasteiger partial charge is 0.463 e. The minimum Gasteiger partial charge on any atom is -0.463 e. The molecule has 0 aliphatic carbocycles. The van der Waals surface area contributed by atoms with Gasteiger partial charge in [-0.25, -0.2) is 9.79 Å². The number of likely N-dealkylation sites (N-methyl/N-ethyl adjacent to an activating group) is 1. The molecule has 0 amide bonds. The molecule has 0 saturated heterocycles. The number of nitrogens with zero attached hydrogens (tertiary/aromatic N) is 2. The van der Waals surface area contributed by atoms with Crippen LogP contribution in [0.3, 0.4) is 0 Å². The lowest BCUT2D eigenvalue weighted by Gasteiger charge is -2.13. The van der Waals surface area contributed by atoms with Gasteiger partial charge in [-0.05, 0) is 12.8 Å². The number of hydrogen-bond acceptors (Lipinski definition) is 3. The van der Waals surface area contributed by atoms with Crippen LogP contribution in [0.25, 0.3) is 0 Å². The Kier molecular flexibility index (Phi) is 6.42. The van der Waals surface area contributed by atoms with Gasteiger partial charge in [-0.1, -0.05) is 19.9 Å². The molecular formula is C11H20N2O2. The Hall–Kier alpha value is -1.32. The maximum Gasteiger partial charge on any atom is 0.373 e. The first-order chi connectivity index (χ1) is 7.06. The van der Waals surface area contributed by atoms with Crippen LogP contribution in [0.4, 0.5) is 0 Å². The van der Waals surface area contributed by atoms with Gasteiger partial charge in [0.25, 0.3) is 0 Å². The maximum atomic E-state index is 11.4. The van der Waals surface area contributed by atoms with Crippen molar-refractivity contribution in [2.45, 2.75) is 26.7 Å². The Labute approximate surface area is 91.6 Å². The van der Waals surface area contributed by atoms with Crippen LogP contribution in [-0.2, 0) is 9.53 Å². The highest BCUT2D eigenvalue weighted by Crippen LogP contribution is 2.06. The standard InChI is InChI=1S/C11H20N2O2/c1-6-8-9(7-2)12-10(13(3)4)11(14)15-5/h8H,6-7H2,1-5H3/b9-8+,12-10-. The summed E-state index contributed by atoms with van der Waals surface area (Å²) in [6, 6.07) is 0. The monoisotopic (exact) mass is 212 g/mol. The lowest BCUT2D eigenvalue weighted by atomic mass is 10.3. The Balaban J connectivity index is 4.97. The molecule has 0 aliphatic heterocycles. The molecule has 0 aromatic heterocycles. The van der Waals surface area contributed by atoms with E-state index in [0.717, 1.165) is 18.5 Å². The first-order valence-corrected chi connectivity index (χ1v) is 5.10. The zero-order valence-corrected chi connectivity index (χ0v) is 10.2. The number of methoxy groups -OCH3 is 1. The molecule has 86 valence electrons. The van der Waals surface area contributed by atoms with Crippen molar-refractivity contribution in [2.24, 2.45) is 4.99 Å². The molecule has 4 heteroatoms. The molecule has 0 N–H and O–H groups in total. The van der Waals surface area contributed by atoms with Crippen LogP contribution < -0.4 is 0 Å². The van der Waals surface area contributed by atoms with E-state index in [4.69, 9.17) is 0 Å². The van der Waals surface area contributed by atoms with Gasteiger partial charge in [-0.15, -0.1) is 0 Å². The van der Waals surface area contributed by atoms with Crippen LogP contribution in [0, 0.1) is 0 Å². The molecule has 0 heterocycles. The average Bonchev–Trinajstić information content (AvgIpc) is 2.22. The molecular weight excluding hydrogens is 192 g/mol. The SMILES string of the molecule is CC/C=C(CC)/N=C(/C(=O)OC)N(C)C. The quantitative estimate of drug-likeness (QED) is 0.407. The highest BCUT2D eigenvalue weighted by Gasteiger charge is 2.14. The molecule has 0 fully saturated rings. The summed E-state index contributed by atoms with van der Waals surface area (Å²) in [5.41, 5.74) is 0.909. The summed E-state index contributed by atoms with van der Waals surface area (Å²) in [6.07, 6.45) is 3.73. The van der Waals surface area contributed by atoms with Crippen molar-refractivity contribution < 1.29 is 9.53 Å². The lowest BCUT2D eigenvalue weighted by molar-refractivity contribution is -0.133. The Morgan fingerprint density at radius 2 is 2.00 bits per heavy atom.